The van der Waals surface area contributed by atoms with Gasteiger partial charge in [0.2, 0.25) is 0 Å². The monoisotopic (exact) mass is 207 g/mol. The van der Waals surface area contributed by atoms with Gasteiger partial charge >= 0.3 is 0 Å². The van der Waals surface area contributed by atoms with Gasteiger partial charge in [-0.05, 0) is 19.2 Å². The predicted octanol–water partition coefficient (Wildman–Crippen LogP) is 0.648. The van der Waals surface area contributed by atoms with Gasteiger partial charge in [0.05, 0.1) is 0 Å². The summed E-state index contributed by atoms with van der Waals surface area (Å²) in [5, 5.41) is 0. The van der Waals surface area contributed by atoms with Gasteiger partial charge in [-0.25, -0.2) is 4.98 Å². The van der Waals surface area contributed by atoms with Crippen molar-refractivity contribution in [3.05, 3.63) is 24.4 Å². The molecule has 1 fully saturated rings. The molecular formula is C11H17N3O. The lowest BCUT2D eigenvalue weighted by Crippen LogP contribution is -2.44. The van der Waals surface area contributed by atoms with Crippen LogP contribution >= 0.6 is 0 Å². The summed E-state index contributed by atoms with van der Waals surface area (Å²) >= 11 is 0. The third-order valence-corrected chi connectivity index (χ3v) is 2.48. The highest BCUT2D eigenvalue weighted by atomic mass is 16.1. The minimum atomic E-state index is 1.09. The number of hydrogen-bond acceptors (Lipinski definition) is 4. The van der Waals surface area contributed by atoms with Crippen molar-refractivity contribution in [1.82, 2.24) is 9.88 Å². The van der Waals surface area contributed by atoms with Crippen LogP contribution in [0.2, 0.25) is 0 Å². The zero-order valence-electron chi connectivity index (χ0n) is 9.09. The predicted molar refractivity (Wildman–Crippen MR) is 61.1 cm³/mol. The SMILES string of the molecule is C=O.CN1CCN(c2ccccn2)CC1. The number of hydrogen-bond donors (Lipinski definition) is 0. The van der Waals surface area contributed by atoms with Crippen LogP contribution in [0, 0.1) is 0 Å². The highest BCUT2D eigenvalue weighted by molar-refractivity contribution is 5.38. The number of carbonyl (C=O) groups excluding carboxylic acids is 1. The maximum Gasteiger partial charge on any atom is 0.128 e. The van der Waals surface area contributed by atoms with Gasteiger partial charge in [-0.1, -0.05) is 6.07 Å². The van der Waals surface area contributed by atoms with Crippen molar-refractivity contribution in [1.29, 1.82) is 0 Å². The minimum absolute atomic E-state index is 1.09. The van der Waals surface area contributed by atoms with Crippen LogP contribution in [0.3, 0.4) is 0 Å². The Hall–Kier alpha value is -1.42. The van der Waals surface area contributed by atoms with Crippen LogP contribution in [0.1, 0.15) is 0 Å². The van der Waals surface area contributed by atoms with Gasteiger partial charge in [-0.3, -0.25) is 0 Å². The van der Waals surface area contributed by atoms with E-state index in [0.29, 0.717) is 0 Å². The average Bonchev–Trinajstić information content (AvgIpc) is 2.34. The minimum Gasteiger partial charge on any atom is -0.354 e. The number of anilines is 1. The highest BCUT2D eigenvalue weighted by Gasteiger charge is 2.14. The largest absolute Gasteiger partial charge is 0.354 e. The Labute approximate surface area is 90.5 Å². The van der Waals surface area contributed by atoms with Crippen molar-refractivity contribution in [2.75, 3.05) is 38.1 Å². The summed E-state index contributed by atoms with van der Waals surface area (Å²) in [6.45, 7) is 6.45. The molecule has 15 heavy (non-hydrogen) atoms. The molecule has 1 aromatic rings. The van der Waals surface area contributed by atoms with Gasteiger partial charge in [-0.2, -0.15) is 0 Å². The lowest BCUT2D eigenvalue weighted by molar-refractivity contribution is -0.0979. The number of piperazine rings is 1. The first-order valence-corrected chi connectivity index (χ1v) is 4.99. The van der Waals surface area contributed by atoms with Crippen LogP contribution in [0.5, 0.6) is 0 Å². The van der Waals surface area contributed by atoms with Gasteiger partial charge in [0, 0.05) is 32.4 Å². The van der Waals surface area contributed by atoms with E-state index in [1.807, 2.05) is 25.1 Å². The number of nitrogens with zero attached hydrogens (tertiary/aromatic N) is 3. The third kappa shape index (κ3) is 3.32. The third-order valence-electron chi connectivity index (χ3n) is 2.48. The quantitative estimate of drug-likeness (QED) is 0.677. The molecular weight excluding hydrogens is 190 g/mol. The lowest BCUT2D eigenvalue weighted by atomic mass is 10.3. The topological polar surface area (TPSA) is 36.4 Å². The van der Waals surface area contributed by atoms with Crippen molar-refractivity contribution in [3.8, 4) is 0 Å². The van der Waals surface area contributed by atoms with Gasteiger partial charge in [0.15, 0.2) is 0 Å². The standard InChI is InChI=1S/C10H15N3.CH2O/c1-12-6-8-13(9-7-12)10-4-2-3-5-11-10;1-2/h2-5H,6-9H2,1H3;1H2. The summed E-state index contributed by atoms with van der Waals surface area (Å²) in [5.41, 5.74) is 0. The van der Waals surface area contributed by atoms with Crippen LogP contribution in [0.4, 0.5) is 5.82 Å². The van der Waals surface area contributed by atoms with E-state index in [-0.39, 0.29) is 0 Å². The smallest absolute Gasteiger partial charge is 0.128 e. The molecule has 0 atom stereocenters. The van der Waals surface area contributed by atoms with E-state index < -0.39 is 0 Å². The molecule has 2 rings (SSSR count). The molecule has 4 heteroatoms. The summed E-state index contributed by atoms with van der Waals surface area (Å²) < 4.78 is 0. The molecule has 1 aromatic heterocycles. The number of pyridine rings is 1. The summed E-state index contributed by atoms with van der Waals surface area (Å²) in [6, 6.07) is 6.07. The first kappa shape index (κ1) is 11.7. The zero-order valence-corrected chi connectivity index (χ0v) is 9.09. The number of likely N-dealkylation sites (N-methyl/N-ethyl adjacent to an activating group) is 1. The van der Waals surface area contributed by atoms with E-state index in [9.17, 15) is 0 Å². The molecule has 1 aliphatic rings. The maximum absolute atomic E-state index is 8.00. The summed E-state index contributed by atoms with van der Waals surface area (Å²) in [4.78, 5) is 17.0. The molecule has 0 N–H and O–H groups in total. The second-order valence-electron chi connectivity index (χ2n) is 3.48. The fourth-order valence-electron chi connectivity index (χ4n) is 1.58. The van der Waals surface area contributed by atoms with Crippen LogP contribution in [0.25, 0.3) is 0 Å². The Balaban J connectivity index is 0.000000531. The second-order valence-corrected chi connectivity index (χ2v) is 3.48. The molecule has 2 heterocycles. The van der Waals surface area contributed by atoms with Crippen molar-refractivity contribution >= 4 is 12.6 Å². The van der Waals surface area contributed by atoms with Crippen molar-refractivity contribution in [2.24, 2.45) is 0 Å². The van der Waals surface area contributed by atoms with Crippen molar-refractivity contribution in [2.45, 2.75) is 0 Å². The van der Waals surface area contributed by atoms with Gasteiger partial charge < -0.3 is 14.6 Å². The Morgan fingerprint density at radius 1 is 1.20 bits per heavy atom. The normalized spacial score (nSPS) is 16.7. The number of rotatable bonds is 1. The van der Waals surface area contributed by atoms with Gasteiger partial charge in [0.1, 0.15) is 12.6 Å². The lowest BCUT2D eigenvalue weighted by Gasteiger charge is -2.33. The molecule has 0 aromatic carbocycles. The Kier molecular flexibility index (Phi) is 4.77. The van der Waals surface area contributed by atoms with Crippen molar-refractivity contribution in [3.63, 3.8) is 0 Å². The van der Waals surface area contributed by atoms with Crippen LogP contribution in [0.15, 0.2) is 24.4 Å². The summed E-state index contributed by atoms with van der Waals surface area (Å²) in [7, 11) is 2.16. The van der Waals surface area contributed by atoms with Crippen LogP contribution in [-0.2, 0) is 4.79 Å². The molecule has 0 bridgehead atoms. The van der Waals surface area contributed by atoms with Crippen LogP contribution in [-0.4, -0.2) is 49.9 Å². The van der Waals surface area contributed by atoms with Crippen molar-refractivity contribution < 1.29 is 4.79 Å². The van der Waals surface area contributed by atoms with E-state index in [1.54, 1.807) is 0 Å². The zero-order chi connectivity index (χ0) is 11.1. The molecule has 0 spiro atoms. The Morgan fingerprint density at radius 3 is 2.40 bits per heavy atom. The fourth-order valence-corrected chi connectivity index (χ4v) is 1.58. The fraction of sp³-hybridized carbons (Fsp3) is 0.455. The summed E-state index contributed by atoms with van der Waals surface area (Å²) in [5.74, 6) is 1.11. The molecule has 0 amide bonds. The van der Waals surface area contributed by atoms with E-state index in [4.69, 9.17) is 4.79 Å². The first-order chi connectivity index (χ1) is 7.36. The van der Waals surface area contributed by atoms with E-state index >= 15 is 0 Å². The Bertz CT molecular complexity index is 270. The highest BCUT2D eigenvalue weighted by Crippen LogP contribution is 2.11. The molecule has 0 unspecified atom stereocenters. The van der Waals surface area contributed by atoms with E-state index in [2.05, 4.69) is 27.9 Å². The molecule has 1 saturated heterocycles. The van der Waals surface area contributed by atoms with E-state index in [0.717, 1.165) is 32.0 Å². The molecule has 0 saturated carbocycles. The number of aromatic nitrogens is 1. The molecule has 1 aliphatic heterocycles. The summed E-state index contributed by atoms with van der Waals surface area (Å²) in [6.07, 6.45) is 1.85. The van der Waals surface area contributed by atoms with Crippen LogP contribution < -0.4 is 4.90 Å². The van der Waals surface area contributed by atoms with Gasteiger partial charge in [-0.15, -0.1) is 0 Å². The van der Waals surface area contributed by atoms with Gasteiger partial charge in [0.25, 0.3) is 0 Å². The molecule has 0 aliphatic carbocycles. The molecule has 4 nitrogen and oxygen atoms in total. The number of carbonyl (C=O) groups is 1. The Morgan fingerprint density at radius 2 is 1.87 bits per heavy atom. The first-order valence-electron chi connectivity index (χ1n) is 4.99. The van der Waals surface area contributed by atoms with E-state index in [1.165, 1.54) is 0 Å². The maximum atomic E-state index is 8.00. The molecule has 82 valence electrons. The average molecular weight is 207 g/mol. The molecule has 0 radical (unpaired) electrons. The second kappa shape index (κ2) is 6.14.